The number of anilines is 2. The van der Waals surface area contributed by atoms with Crippen LogP contribution in [0.25, 0.3) is 0 Å². The maximum atomic E-state index is 13.6. The largest absolute Gasteiger partial charge is 0.381 e. The number of hydrogen-bond acceptors (Lipinski definition) is 3. The molecule has 1 unspecified atom stereocenters. The van der Waals surface area contributed by atoms with E-state index in [9.17, 15) is 14.0 Å². The quantitative estimate of drug-likeness (QED) is 0.768. The normalized spacial score (nSPS) is 19.9. The molecule has 3 amide bonds. The van der Waals surface area contributed by atoms with Crippen LogP contribution in [0.1, 0.15) is 25.3 Å². The topological polar surface area (TPSA) is 70.7 Å². The van der Waals surface area contributed by atoms with E-state index >= 15 is 0 Å². The van der Waals surface area contributed by atoms with E-state index in [1.54, 1.807) is 17.0 Å². The van der Waals surface area contributed by atoms with Gasteiger partial charge in [-0.2, -0.15) is 0 Å². The van der Waals surface area contributed by atoms with Crippen LogP contribution in [0.5, 0.6) is 0 Å². The van der Waals surface area contributed by atoms with Crippen molar-refractivity contribution >= 4 is 23.3 Å². The van der Waals surface area contributed by atoms with Crippen molar-refractivity contribution < 1.29 is 18.7 Å². The Labute approximate surface area is 181 Å². The summed E-state index contributed by atoms with van der Waals surface area (Å²) in [6, 6.07) is 13.4. The number of carbonyl (C=O) groups excluding carboxylic acids is 2. The predicted molar refractivity (Wildman–Crippen MR) is 117 cm³/mol. The maximum Gasteiger partial charge on any atom is 0.321 e. The Balaban J connectivity index is 1.52. The van der Waals surface area contributed by atoms with Crippen molar-refractivity contribution in [1.82, 2.24) is 4.90 Å². The van der Waals surface area contributed by atoms with Gasteiger partial charge >= 0.3 is 6.03 Å². The number of hydrogen-bond donors (Lipinski definition) is 2. The number of nitrogens with one attached hydrogen (secondary N) is 2. The molecule has 0 radical (unpaired) electrons. The summed E-state index contributed by atoms with van der Waals surface area (Å²) in [6.07, 6.45) is 2.24. The van der Waals surface area contributed by atoms with Gasteiger partial charge in [0, 0.05) is 43.1 Å². The van der Waals surface area contributed by atoms with E-state index in [2.05, 4.69) is 10.6 Å². The molecule has 6 nitrogen and oxygen atoms in total. The highest BCUT2D eigenvalue weighted by Crippen LogP contribution is 2.45. The molecule has 2 aromatic rings. The highest BCUT2D eigenvalue weighted by atomic mass is 19.1. The van der Waals surface area contributed by atoms with Gasteiger partial charge in [0.05, 0.1) is 5.92 Å². The molecule has 2 N–H and O–H groups in total. The average Bonchev–Trinajstić information content (AvgIpc) is 3.13. The van der Waals surface area contributed by atoms with Gasteiger partial charge in [-0.15, -0.1) is 0 Å². The molecule has 0 bridgehead atoms. The number of para-hydroxylation sites is 1. The summed E-state index contributed by atoms with van der Waals surface area (Å²) in [6.45, 7) is 4.00. The SMILES string of the molecule is CCc1ccccc1NC(=O)N1CC(C(=O)Nc2cccc(F)c2)C2(CCOCC2)C1. The molecule has 1 atom stereocenters. The maximum absolute atomic E-state index is 13.6. The van der Waals surface area contributed by atoms with Gasteiger partial charge in [-0.05, 0) is 49.1 Å². The molecule has 2 aliphatic heterocycles. The van der Waals surface area contributed by atoms with Gasteiger partial charge < -0.3 is 20.3 Å². The van der Waals surface area contributed by atoms with Crippen LogP contribution in [0.2, 0.25) is 0 Å². The van der Waals surface area contributed by atoms with E-state index in [0.29, 0.717) is 44.8 Å². The minimum Gasteiger partial charge on any atom is -0.381 e. The van der Waals surface area contributed by atoms with Crippen LogP contribution >= 0.6 is 0 Å². The first-order chi connectivity index (χ1) is 15.0. The Kier molecular flexibility index (Phi) is 6.23. The summed E-state index contributed by atoms with van der Waals surface area (Å²) >= 11 is 0. The molecule has 0 aromatic heterocycles. The lowest BCUT2D eigenvalue weighted by Gasteiger charge is -2.37. The number of carbonyl (C=O) groups is 2. The number of urea groups is 1. The Hall–Kier alpha value is -2.93. The van der Waals surface area contributed by atoms with Gasteiger partial charge in [-0.3, -0.25) is 4.79 Å². The first kappa shape index (κ1) is 21.3. The second-order valence-electron chi connectivity index (χ2n) is 8.35. The highest BCUT2D eigenvalue weighted by molar-refractivity contribution is 5.95. The fourth-order valence-electron chi connectivity index (χ4n) is 4.71. The van der Waals surface area contributed by atoms with E-state index in [1.165, 1.54) is 12.1 Å². The van der Waals surface area contributed by atoms with Crippen molar-refractivity contribution in [3.05, 3.63) is 59.9 Å². The molecule has 2 saturated heterocycles. The summed E-state index contributed by atoms with van der Waals surface area (Å²) in [5.41, 5.74) is 1.95. The minimum absolute atomic E-state index is 0.184. The third kappa shape index (κ3) is 4.56. The lowest BCUT2D eigenvalue weighted by atomic mass is 9.71. The minimum atomic E-state index is -0.402. The molecular weight excluding hydrogens is 397 g/mol. The fraction of sp³-hybridized carbons (Fsp3) is 0.417. The second-order valence-corrected chi connectivity index (χ2v) is 8.35. The zero-order valence-corrected chi connectivity index (χ0v) is 17.7. The highest BCUT2D eigenvalue weighted by Gasteiger charge is 2.51. The zero-order chi connectivity index (χ0) is 21.8. The predicted octanol–water partition coefficient (Wildman–Crippen LogP) is 4.29. The first-order valence-electron chi connectivity index (χ1n) is 10.8. The monoisotopic (exact) mass is 425 g/mol. The Morgan fingerprint density at radius 3 is 2.65 bits per heavy atom. The third-order valence-electron chi connectivity index (χ3n) is 6.47. The molecule has 2 heterocycles. The number of rotatable bonds is 4. The summed E-state index contributed by atoms with van der Waals surface area (Å²) in [7, 11) is 0. The molecular formula is C24H28FN3O3. The van der Waals surface area contributed by atoms with Gasteiger partial charge in [-0.25, -0.2) is 9.18 Å². The summed E-state index contributed by atoms with van der Waals surface area (Å²) < 4.78 is 19.1. The van der Waals surface area contributed by atoms with Crippen LogP contribution in [0.4, 0.5) is 20.6 Å². The Morgan fingerprint density at radius 2 is 1.90 bits per heavy atom. The van der Waals surface area contributed by atoms with E-state index in [1.807, 2.05) is 31.2 Å². The van der Waals surface area contributed by atoms with Crippen LogP contribution in [0.3, 0.4) is 0 Å². The Morgan fingerprint density at radius 1 is 1.13 bits per heavy atom. The van der Waals surface area contributed by atoms with Crippen LogP contribution in [-0.4, -0.2) is 43.1 Å². The van der Waals surface area contributed by atoms with E-state index in [0.717, 1.165) is 17.7 Å². The number of nitrogens with zero attached hydrogens (tertiary/aromatic N) is 1. The van der Waals surface area contributed by atoms with Crippen LogP contribution in [-0.2, 0) is 16.0 Å². The van der Waals surface area contributed by atoms with Crippen molar-refractivity contribution in [2.24, 2.45) is 11.3 Å². The standard InChI is InChI=1S/C24H28FN3O3/c1-2-17-6-3-4-9-21(17)27-23(30)28-15-20(24(16-28)10-12-31-13-11-24)22(29)26-19-8-5-7-18(25)14-19/h3-9,14,20H,2,10-13,15-16H2,1H3,(H,26,29)(H,27,30). The molecule has 2 aromatic carbocycles. The fourth-order valence-corrected chi connectivity index (χ4v) is 4.71. The molecule has 1 spiro atoms. The van der Waals surface area contributed by atoms with Crippen molar-refractivity contribution in [1.29, 1.82) is 0 Å². The van der Waals surface area contributed by atoms with Gasteiger partial charge in [0.2, 0.25) is 5.91 Å². The van der Waals surface area contributed by atoms with Crippen molar-refractivity contribution in [2.45, 2.75) is 26.2 Å². The van der Waals surface area contributed by atoms with E-state index in [4.69, 9.17) is 4.74 Å². The van der Waals surface area contributed by atoms with Crippen LogP contribution in [0, 0.1) is 17.2 Å². The number of aryl methyl sites for hydroxylation is 1. The van der Waals surface area contributed by atoms with Gasteiger partial charge in [0.15, 0.2) is 0 Å². The lowest BCUT2D eigenvalue weighted by Crippen LogP contribution is -2.42. The summed E-state index contributed by atoms with van der Waals surface area (Å²) in [5.74, 6) is -0.968. The van der Waals surface area contributed by atoms with Crippen LogP contribution < -0.4 is 10.6 Å². The zero-order valence-electron chi connectivity index (χ0n) is 17.7. The molecule has 4 rings (SSSR count). The third-order valence-corrected chi connectivity index (χ3v) is 6.47. The van der Waals surface area contributed by atoms with Crippen molar-refractivity contribution in [3.8, 4) is 0 Å². The molecule has 164 valence electrons. The smallest absolute Gasteiger partial charge is 0.321 e. The molecule has 7 heteroatoms. The van der Waals surface area contributed by atoms with Crippen LogP contribution in [0.15, 0.2) is 48.5 Å². The second kappa shape index (κ2) is 9.06. The number of halogens is 1. The van der Waals surface area contributed by atoms with E-state index < -0.39 is 5.82 Å². The molecule has 0 saturated carbocycles. The number of ether oxygens (including phenoxy) is 1. The molecule has 0 aliphatic carbocycles. The molecule has 2 fully saturated rings. The molecule has 31 heavy (non-hydrogen) atoms. The van der Waals surface area contributed by atoms with Gasteiger partial charge in [-0.1, -0.05) is 31.2 Å². The number of amides is 3. The number of likely N-dealkylation sites (tertiary alicyclic amines) is 1. The van der Waals surface area contributed by atoms with Gasteiger partial charge in [0.1, 0.15) is 5.82 Å². The Bertz CT molecular complexity index is 959. The lowest BCUT2D eigenvalue weighted by molar-refractivity contribution is -0.124. The van der Waals surface area contributed by atoms with Crippen molar-refractivity contribution in [3.63, 3.8) is 0 Å². The average molecular weight is 426 g/mol. The van der Waals surface area contributed by atoms with Crippen molar-refractivity contribution in [2.75, 3.05) is 36.9 Å². The first-order valence-corrected chi connectivity index (χ1v) is 10.8. The molecule has 2 aliphatic rings. The van der Waals surface area contributed by atoms with Gasteiger partial charge in [0.25, 0.3) is 0 Å². The summed E-state index contributed by atoms with van der Waals surface area (Å²) in [5, 5.41) is 5.86. The van der Waals surface area contributed by atoms with E-state index in [-0.39, 0.29) is 23.3 Å². The number of benzene rings is 2. The summed E-state index contributed by atoms with van der Waals surface area (Å²) in [4.78, 5) is 28.0.